The van der Waals surface area contributed by atoms with Crippen LogP contribution in [0.1, 0.15) is 38.2 Å². The average molecular weight is 246 g/mol. The highest BCUT2D eigenvalue weighted by Crippen LogP contribution is 2.26. The Morgan fingerprint density at radius 2 is 2.00 bits per heavy atom. The maximum Gasteiger partial charge on any atom is 0.0119 e. The Labute approximate surface area is 111 Å². The molecule has 1 aliphatic heterocycles. The smallest absolute Gasteiger partial charge is 0.0119 e. The van der Waals surface area contributed by atoms with Crippen LogP contribution in [0, 0.1) is 5.92 Å². The minimum atomic E-state index is 0.477. The van der Waals surface area contributed by atoms with E-state index in [-0.39, 0.29) is 0 Å². The lowest BCUT2D eigenvalue weighted by molar-refractivity contribution is 0.196. The summed E-state index contributed by atoms with van der Waals surface area (Å²) in [6.07, 6.45) is 2.69. The van der Waals surface area contributed by atoms with Crippen LogP contribution in [-0.4, -0.2) is 30.6 Å². The number of nitrogens with zero attached hydrogens (tertiary/aromatic N) is 1. The van der Waals surface area contributed by atoms with E-state index in [0.29, 0.717) is 5.92 Å². The molecule has 1 aromatic rings. The third-order valence-corrected chi connectivity index (χ3v) is 4.19. The van der Waals surface area contributed by atoms with Gasteiger partial charge in [0.1, 0.15) is 0 Å². The molecule has 1 fully saturated rings. The molecule has 0 aromatic heterocycles. The van der Waals surface area contributed by atoms with Crippen LogP contribution in [0.3, 0.4) is 0 Å². The van der Waals surface area contributed by atoms with Crippen LogP contribution in [0.4, 0.5) is 0 Å². The molecule has 2 unspecified atom stereocenters. The van der Waals surface area contributed by atoms with Crippen molar-refractivity contribution in [2.24, 2.45) is 11.7 Å². The van der Waals surface area contributed by atoms with E-state index in [2.05, 4.69) is 49.1 Å². The fraction of sp³-hybridized carbons (Fsp3) is 0.625. The molecule has 0 amide bonds. The average Bonchev–Trinajstić information content (AvgIpc) is 2.85. The van der Waals surface area contributed by atoms with Gasteiger partial charge >= 0.3 is 0 Å². The highest BCUT2D eigenvalue weighted by Gasteiger charge is 2.28. The summed E-state index contributed by atoms with van der Waals surface area (Å²) >= 11 is 0. The number of hydrogen-bond donors (Lipinski definition) is 1. The Morgan fingerprint density at radius 3 is 2.61 bits per heavy atom. The standard InChI is InChI=1S/C16H26N2/c1-13(2)16-9-6-10-18(16)12-15(11-17)14-7-4-3-5-8-14/h3-5,7-8,13,15-16H,6,9-12,17H2,1-2H3. The summed E-state index contributed by atoms with van der Waals surface area (Å²) in [6, 6.07) is 11.5. The topological polar surface area (TPSA) is 29.3 Å². The van der Waals surface area contributed by atoms with E-state index >= 15 is 0 Å². The van der Waals surface area contributed by atoms with Crippen molar-refractivity contribution < 1.29 is 0 Å². The number of benzene rings is 1. The fourth-order valence-corrected chi connectivity index (χ4v) is 3.16. The van der Waals surface area contributed by atoms with Gasteiger partial charge in [-0.15, -0.1) is 0 Å². The molecule has 0 aliphatic carbocycles. The van der Waals surface area contributed by atoms with E-state index in [1.54, 1.807) is 0 Å². The third kappa shape index (κ3) is 3.12. The van der Waals surface area contributed by atoms with Crippen molar-refractivity contribution in [1.29, 1.82) is 0 Å². The summed E-state index contributed by atoms with van der Waals surface area (Å²) in [5.41, 5.74) is 7.36. The minimum absolute atomic E-state index is 0.477. The maximum absolute atomic E-state index is 5.98. The number of likely N-dealkylation sites (tertiary alicyclic amines) is 1. The molecule has 18 heavy (non-hydrogen) atoms. The van der Waals surface area contributed by atoms with E-state index in [0.717, 1.165) is 25.0 Å². The van der Waals surface area contributed by atoms with Gasteiger partial charge in [0.05, 0.1) is 0 Å². The van der Waals surface area contributed by atoms with Gasteiger partial charge in [-0.05, 0) is 30.9 Å². The quantitative estimate of drug-likeness (QED) is 0.865. The molecule has 2 heteroatoms. The largest absolute Gasteiger partial charge is 0.330 e. The van der Waals surface area contributed by atoms with Gasteiger partial charge in [-0.1, -0.05) is 44.2 Å². The second-order valence-electron chi connectivity index (χ2n) is 5.79. The molecular formula is C16H26N2. The summed E-state index contributed by atoms with van der Waals surface area (Å²) in [5.74, 6) is 1.23. The zero-order valence-corrected chi connectivity index (χ0v) is 11.7. The summed E-state index contributed by atoms with van der Waals surface area (Å²) in [6.45, 7) is 7.77. The lowest BCUT2D eigenvalue weighted by Crippen LogP contribution is -2.38. The van der Waals surface area contributed by atoms with Crippen molar-refractivity contribution in [2.45, 2.75) is 38.6 Å². The molecule has 2 atom stereocenters. The predicted molar refractivity (Wildman–Crippen MR) is 77.7 cm³/mol. The maximum atomic E-state index is 5.98. The van der Waals surface area contributed by atoms with E-state index in [9.17, 15) is 0 Å². The molecule has 1 heterocycles. The van der Waals surface area contributed by atoms with Gasteiger partial charge in [0.2, 0.25) is 0 Å². The molecule has 0 bridgehead atoms. The van der Waals surface area contributed by atoms with E-state index in [1.165, 1.54) is 24.9 Å². The SMILES string of the molecule is CC(C)C1CCCN1CC(CN)c1ccccc1. The lowest BCUT2D eigenvalue weighted by Gasteiger charge is -2.31. The van der Waals surface area contributed by atoms with E-state index in [4.69, 9.17) is 5.73 Å². The Morgan fingerprint density at radius 1 is 1.28 bits per heavy atom. The van der Waals surface area contributed by atoms with Crippen molar-refractivity contribution in [3.63, 3.8) is 0 Å². The van der Waals surface area contributed by atoms with Gasteiger partial charge in [0, 0.05) is 25.0 Å². The zero-order valence-electron chi connectivity index (χ0n) is 11.7. The summed E-state index contributed by atoms with van der Waals surface area (Å²) in [4.78, 5) is 2.65. The number of hydrogen-bond acceptors (Lipinski definition) is 2. The van der Waals surface area contributed by atoms with Crippen LogP contribution >= 0.6 is 0 Å². The molecular weight excluding hydrogens is 220 g/mol. The molecule has 1 aliphatic rings. The molecule has 100 valence electrons. The highest BCUT2D eigenvalue weighted by molar-refractivity contribution is 5.20. The Kier molecular flexibility index (Phi) is 4.79. The summed E-state index contributed by atoms with van der Waals surface area (Å²) in [7, 11) is 0. The highest BCUT2D eigenvalue weighted by atomic mass is 15.2. The van der Waals surface area contributed by atoms with Crippen LogP contribution in [0.25, 0.3) is 0 Å². The minimum Gasteiger partial charge on any atom is -0.330 e. The van der Waals surface area contributed by atoms with Crippen LogP contribution in [0.5, 0.6) is 0 Å². The first-order valence-electron chi connectivity index (χ1n) is 7.21. The first-order valence-corrected chi connectivity index (χ1v) is 7.21. The first-order chi connectivity index (χ1) is 8.72. The monoisotopic (exact) mass is 246 g/mol. The number of rotatable bonds is 5. The Balaban J connectivity index is 2.02. The molecule has 0 saturated carbocycles. The van der Waals surface area contributed by atoms with Gasteiger partial charge in [-0.3, -0.25) is 4.90 Å². The van der Waals surface area contributed by atoms with E-state index in [1.807, 2.05) is 0 Å². The molecule has 1 saturated heterocycles. The van der Waals surface area contributed by atoms with Crippen molar-refractivity contribution >= 4 is 0 Å². The predicted octanol–water partition coefficient (Wildman–Crippen LogP) is 2.85. The molecule has 0 spiro atoms. The second-order valence-corrected chi connectivity index (χ2v) is 5.79. The van der Waals surface area contributed by atoms with Gasteiger partial charge in [0.15, 0.2) is 0 Å². The van der Waals surface area contributed by atoms with Gasteiger partial charge in [-0.2, -0.15) is 0 Å². The molecule has 2 nitrogen and oxygen atoms in total. The molecule has 2 N–H and O–H groups in total. The van der Waals surface area contributed by atoms with Crippen LogP contribution in [0.2, 0.25) is 0 Å². The van der Waals surface area contributed by atoms with Gasteiger partial charge in [0.25, 0.3) is 0 Å². The molecule has 0 radical (unpaired) electrons. The Hall–Kier alpha value is -0.860. The first kappa shape index (κ1) is 13.6. The van der Waals surface area contributed by atoms with Crippen molar-refractivity contribution in [1.82, 2.24) is 4.90 Å². The van der Waals surface area contributed by atoms with E-state index < -0.39 is 0 Å². The second kappa shape index (κ2) is 6.35. The summed E-state index contributed by atoms with van der Waals surface area (Å²) in [5, 5.41) is 0. The third-order valence-electron chi connectivity index (χ3n) is 4.19. The number of nitrogens with two attached hydrogens (primary N) is 1. The fourth-order valence-electron chi connectivity index (χ4n) is 3.16. The van der Waals surface area contributed by atoms with Crippen molar-refractivity contribution in [2.75, 3.05) is 19.6 Å². The van der Waals surface area contributed by atoms with Crippen LogP contribution in [-0.2, 0) is 0 Å². The summed E-state index contributed by atoms with van der Waals surface area (Å²) < 4.78 is 0. The van der Waals surface area contributed by atoms with Gasteiger partial charge < -0.3 is 5.73 Å². The van der Waals surface area contributed by atoms with Crippen LogP contribution in [0.15, 0.2) is 30.3 Å². The van der Waals surface area contributed by atoms with Gasteiger partial charge in [-0.25, -0.2) is 0 Å². The molecule has 2 rings (SSSR count). The normalized spacial score (nSPS) is 22.6. The van der Waals surface area contributed by atoms with Crippen molar-refractivity contribution in [3.8, 4) is 0 Å². The zero-order chi connectivity index (χ0) is 13.0. The van der Waals surface area contributed by atoms with Crippen molar-refractivity contribution in [3.05, 3.63) is 35.9 Å². The van der Waals surface area contributed by atoms with Crippen LogP contribution < -0.4 is 5.73 Å². The lowest BCUT2D eigenvalue weighted by atomic mass is 9.96. The Bertz CT molecular complexity index is 347. The molecule has 1 aromatic carbocycles.